The Morgan fingerprint density at radius 1 is 1.08 bits per heavy atom. The van der Waals surface area contributed by atoms with Crippen LogP contribution in [-0.2, 0) is 11.3 Å². The van der Waals surface area contributed by atoms with E-state index in [0.717, 1.165) is 22.0 Å². The molecule has 2 N–H and O–H groups in total. The van der Waals surface area contributed by atoms with Gasteiger partial charge in [0.1, 0.15) is 10.7 Å². The van der Waals surface area contributed by atoms with Crippen molar-refractivity contribution in [3.05, 3.63) is 105 Å². The molecule has 2 aliphatic rings. The second-order valence-electron chi connectivity index (χ2n) is 8.58. The number of amides is 1. The van der Waals surface area contributed by atoms with Gasteiger partial charge in [0, 0.05) is 24.6 Å². The average molecular weight is 540 g/mol. The number of hydrogen-bond donors (Lipinski definition) is 2. The number of para-hydroxylation sites is 1. The fourth-order valence-electron chi connectivity index (χ4n) is 4.18. The highest BCUT2D eigenvalue weighted by Crippen LogP contribution is 2.47. The molecule has 0 saturated carbocycles. The Balaban J connectivity index is 1.56. The SMILES string of the molecule is CCNc1ccc(C#N)cc1N=C1SC(=C2SC=C(c3ccccc3O)N2C)C(=O)N1Cc1ccccc1. The van der Waals surface area contributed by atoms with Gasteiger partial charge in [-0.25, -0.2) is 4.99 Å². The van der Waals surface area contributed by atoms with Crippen molar-refractivity contribution in [2.24, 2.45) is 4.99 Å². The molecule has 9 heteroatoms. The van der Waals surface area contributed by atoms with Crippen molar-refractivity contribution in [2.45, 2.75) is 13.5 Å². The summed E-state index contributed by atoms with van der Waals surface area (Å²) >= 11 is 2.77. The summed E-state index contributed by atoms with van der Waals surface area (Å²) in [5, 5.41) is 26.4. The van der Waals surface area contributed by atoms with Crippen LogP contribution in [0.25, 0.3) is 5.70 Å². The number of nitrogens with zero attached hydrogens (tertiary/aromatic N) is 4. The van der Waals surface area contributed by atoms with E-state index in [1.807, 2.05) is 72.8 Å². The minimum absolute atomic E-state index is 0.139. The molecule has 190 valence electrons. The zero-order valence-electron chi connectivity index (χ0n) is 20.9. The molecule has 0 aromatic heterocycles. The Bertz CT molecular complexity index is 1530. The van der Waals surface area contributed by atoms with Crippen LogP contribution in [0.1, 0.15) is 23.6 Å². The van der Waals surface area contributed by atoms with E-state index < -0.39 is 0 Å². The van der Waals surface area contributed by atoms with Crippen LogP contribution in [0.2, 0.25) is 0 Å². The molecule has 7 nitrogen and oxygen atoms in total. The third kappa shape index (κ3) is 5.01. The normalized spacial score (nSPS) is 18.2. The standard InChI is InChI=1S/C29H25N5O2S2/c1-3-31-22-14-13-20(16-30)15-23(22)32-29-34(17-19-9-5-4-6-10-19)27(36)26(38-29)28-33(2)24(18-37-28)21-11-7-8-12-25(21)35/h4-15,18,31,35H,3,17H2,1-2H3. The van der Waals surface area contributed by atoms with E-state index in [1.165, 1.54) is 23.5 Å². The van der Waals surface area contributed by atoms with Crippen LogP contribution < -0.4 is 5.32 Å². The largest absolute Gasteiger partial charge is 0.507 e. The van der Waals surface area contributed by atoms with E-state index in [-0.39, 0.29) is 11.7 Å². The van der Waals surface area contributed by atoms with Crippen LogP contribution >= 0.6 is 23.5 Å². The Hall–Kier alpha value is -4.13. The number of carbonyl (C=O) groups is 1. The third-order valence-electron chi connectivity index (χ3n) is 6.08. The summed E-state index contributed by atoms with van der Waals surface area (Å²) in [7, 11) is 1.89. The number of phenols is 1. The molecule has 0 atom stereocenters. The molecular weight excluding hydrogens is 514 g/mol. The summed E-state index contributed by atoms with van der Waals surface area (Å²) in [5.74, 6) is 0.0458. The van der Waals surface area contributed by atoms with E-state index in [4.69, 9.17) is 4.99 Å². The first-order valence-electron chi connectivity index (χ1n) is 12.0. The number of amidine groups is 1. The summed E-state index contributed by atoms with van der Waals surface area (Å²) in [6.07, 6.45) is 0. The van der Waals surface area contributed by atoms with Gasteiger partial charge in [-0.05, 0) is 54.6 Å². The zero-order valence-corrected chi connectivity index (χ0v) is 22.5. The Kier molecular flexibility index (Phi) is 7.45. The number of nitrogens with one attached hydrogen (secondary N) is 1. The van der Waals surface area contributed by atoms with E-state index in [2.05, 4.69) is 11.4 Å². The number of carbonyl (C=O) groups excluding carboxylic acids is 1. The summed E-state index contributed by atoms with van der Waals surface area (Å²) in [5.41, 5.74) is 4.40. The van der Waals surface area contributed by atoms with Crippen molar-refractivity contribution in [3.8, 4) is 11.8 Å². The Labute approximate surface area is 230 Å². The molecule has 1 fully saturated rings. The van der Waals surface area contributed by atoms with E-state index in [1.54, 1.807) is 29.2 Å². The first kappa shape index (κ1) is 25.5. The quantitative estimate of drug-likeness (QED) is 0.355. The molecule has 1 amide bonds. The van der Waals surface area contributed by atoms with Crippen LogP contribution in [0.5, 0.6) is 5.75 Å². The highest BCUT2D eigenvalue weighted by Gasteiger charge is 2.38. The van der Waals surface area contributed by atoms with E-state index in [9.17, 15) is 15.2 Å². The van der Waals surface area contributed by atoms with Gasteiger partial charge in [0.2, 0.25) is 0 Å². The Morgan fingerprint density at radius 3 is 2.58 bits per heavy atom. The van der Waals surface area contributed by atoms with Crippen molar-refractivity contribution < 1.29 is 9.90 Å². The highest BCUT2D eigenvalue weighted by molar-refractivity contribution is 8.19. The zero-order chi connectivity index (χ0) is 26.6. The minimum Gasteiger partial charge on any atom is -0.507 e. The molecule has 1 saturated heterocycles. The summed E-state index contributed by atoms with van der Waals surface area (Å²) in [6.45, 7) is 3.06. The minimum atomic E-state index is -0.139. The summed E-state index contributed by atoms with van der Waals surface area (Å²) in [4.78, 5) is 23.0. The molecule has 5 rings (SSSR count). The van der Waals surface area contributed by atoms with Crippen LogP contribution in [0.15, 0.2) is 93.1 Å². The van der Waals surface area contributed by atoms with Crippen molar-refractivity contribution in [3.63, 3.8) is 0 Å². The number of aliphatic imine (C=N–C) groups is 1. The Morgan fingerprint density at radius 2 is 1.84 bits per heavy atom. The molecule has 0 spiro atoms. The van der Waals surface area contributed by atoms with Gasteiger partial charge < -0.3 is 15.3 Å². The van der Waals surface area contributed by atoms with Crippen molar-refractivity contribution in [1.29, 1.82) is 5.26 Å². The smallest absolute Gasteiger partial charge is 0.269 e. The maximum absolute atomic E-state index is 13.9. The van der Waals surface area contributed by atoms with Gasteiger partial charge in [0.25, 0.3) is 5.91 Å². The fourth-order valence-corrected chi connectivity index (χ4v) is 6.41. The number of rotatable bonds is 6. The number of thioether (sulfide) groups is 2. The van der Waals surface area contributed by atoms with Crippen LogP contribution in [0.3, 0.4) is 0 Å². The van der Waals surface area contributed by atoms with Crippen molar-refractivity contribution in [2.75, 3.05) is 18.9 Å². The molecule has 3 aromatic carbocycles. The van der Waals surface area contributed by atoms with Gasteiger partial charge in [-0.15, -0.1) is 0 Å². The fraction of sp³-hybridized carbons (Fsp3) is 0.138. The molecule has 3 aromatic rings. The van der Waals surface area contributed by atoms with Crippen LogP contribution in [-0.4, -0.2) is 39.6 Å². The summed E-state index contributed by atoms with van der Waals surface area (Å²) in [6, 6.07) is 24.5. The van der Waals surface area contributed by atoms with Gasteiger partial charge in [0.15, 0.2) is 5.17 Å². The highest BCUT2D eigenvalue weighted by atomic mass is 32.2. The maximum Gasteiger partial charge on any atom is 0.269 e. The second kappa shape index (κ2) is 11.1. The molecule has 0 unspecified atom stereocenters. The number of phenolic OH excluding ortho intramolecular Hbond substituents is 1. The first-order valence-corrected chi connectivity index (χ1v) is 13.7. The van der Waals surface area contributed by atoms with E-state index in [0.29, 0.717) is 40.0 Å². The van der Waals surface area contributed by atoms with Gasteiger partial charge in [-0.1, -0.05) is 54.2 Å². The molecule has 0 aliphatic carbocycles. The lowest BCUT2D eigenvalue weighted by atomic mass is 10.1. The van der Waals surface area contributed by atoms with Crippen LogP contribution in [0, 0.1) is 11.3 Å². The van der Waals surface area contributed by atoms with Crippen molar-refractivity contribution in [1.82, 2.24) is 9.80 Å². The molecular formula is C29H25N5O2S2. The van der Waals surface area contributed by atoms with Gasteiger partial charge in [0.05, 0.1) is 40.3 Å². The monoisotopic (exact) mass is 539 g/mol. The lowest BCUT2D eigenvalue weighted by Crippen LogP contribution is -2.29. The number of aromatic hydroxyl groups is 1. The second-order valence-corrected chi connectivity index (χ2v) is 10.4. The summed E-state index contributed by atoms with van der Waals surface area (Å²) < 4.78 is 0. The van der Waals surface area contributed by atoms with Crippen LogP contribution in [0.4, 0.5) is 11.4 Å². The predicted molar refractivity (Wildman–Crippen MR) is 155 cm³/mol. The van der Waals surface area contributed by atoms with Gasteiger partial charge >= 0.3 is 0 Å². The molecule has 2 heterocycles. The van der Waals surface area contributed by atoms with Crippen molar-refractivity contribution >= 4 is 51.7 Å². The number of hydrogen-bond acceptors (Lipinski definition) is 8. The molecule has 38 heavy (non-hydrogen) atoms. The lowest BCUT2D eigenvalue weighted by Gasteiger charge is -2.20. The number of nitriles is 1. The lowest BCUT2D eigenvalue weighted by molar-refractivity contribution is -0.122. The van der Waals surface area contributed by atoms with E-state index >= 15 is 0 Å². The third-order valence-corrected chi connectivity index (χ3v) is 8.32. The molecule has 0 bridgehead atoms. The average Bonchev–Trinajstić information content (AvgIpc) is 3.45. The predicted octanol–water partition coefficient (Wildman–Crippen LogP) is 6.31. The molecule has 2 aliphatic heterocycles. The van der Waals surface area contributed by atoms with Gasteiger partial charge in [-0.3, -0.25) is 9.69 Å². The number of anilines is 1. The number of benzene rings is 3. The first-order chi connectivity index (χ1) is 18.5. The maximum atomic E-state index is 13.9. The topological polar surface area (TPSA) is 92.0 Å². The molecule has 0 radical (unpaired) electrons. The van der Waals surface area contributed by atoms with Gasteiger partial charge in [-0.2, -0.15) is 5.26 Å².